The third-order valence-electron chi connectivity index (χ3n) is 7.21. The molecule has 6 rings (SSSR count). The zero-order valence-corrected chi connectivity index (χ0v) is 20.7. The SMILES string of the molecule is COc1ccc(Np2oc3ccc4c(c3c3c5c(ccc3o2)CCCC5)CCCC4)cc1OC. The fraction of sp³-hybridized carbons (Fsp3) is 0.357. The summed E-state index contributed by atoms with van der Waals surface area (Å²) in [4.78, 5) is 0. The minimum atomic E-state index is -1.45. The molecule has 0 unspecified atom stereocenters. The number of methoxy groups -OCH3 is 2. The highest BCUT2D eigenvalue weighted by atomic mass is 31.1. The Balaban J connectivity index is 1.60. The van der Waals surface area contributed by atoms with Crippen molar-refractivity contribution < 1.29 is 17.9 Å². The molecule has 0 amide bonds. The van der Waals surface area contributed by atoms with Gasteiger partial charge in [0.15, 0.2) is 11.5 Å². The van der Waals surface area contributed by atoms with Crippen LogP contribution in [-0.2, 0) is 25.7 Å². The van der Waals surface area contributed by atoms with Gasteiger partial charge in [0.1, 0.15) is 11.2 Å². The zero-order chi connectivity index (χ0) is 23.1. The Hall–Kier alpha value is -3.04. The molecule has 1 heterocycles. The zero-order valence-electron chi connectivity index (χ0n) is 19.8. The maximum absolute atomic E-state index is 6.59. The number of aryl methyl sites for hydroxylation is 4. The van der Waals surface area contributed by atoms with Crippen molar-refractivity contribution in [2.45, 2.75) is 51.4 Å². The number of nitrogens with one attached hydrogen (secondary N) is 1. The van der Waals surface area contributed by atoms with Gasteiger partial charge in [0.25, 0.3) is 0 Å². The van der Waals surface area contributed by atoms with Gasteiger partial charge in [-0.1, -0.05) is 12.1 Å². The van der Waals surface area contributed by atoms with Gasteiger partial charge in [0.05, 0.1) is 19.9 Å². The summed E-state index contributed by atoms with van der Waals surface area (Å²) in [5.74, 6) is 1.36. The Morgan fingerprint density at radius 2 is 1.24 bits per heavy atom. The van der Waals surface area contributed by atoms with Crippen molar-refractivity contribution in [1.29, 1.82) is 0 Å². The second-order valence-corrected chi connectivity index (χ2v) is 10.3. The summed E-state index contributed by atoms with van der Waals surface area (Å²) in [7, 11) is 1.83. The monoisotopic (exact) mass is 475 g/mol. The third-order valence-corrected chi connectivity index (χ3v) is 8.37. The molecule has 0 fully saturated rings. The molecule has 1 N–H and O–H groups in total. The van der Waals surface area contributed by atoms with Gasteiger partial charge in [-0.15, -0.1) is 0 Å². The van der Waals surface area contributed by atoms with E-state index < -0.39 is 8.16 Å². The molecule has 0 spiro atoms. The maximum Gasteiger partial charge on any atom is 0.338 e. The number of rotatable bonds is 4. The summed E-state index contributed by atoms with van der Waals surface area (Å²) in [5, 5.41) is 6.01. The summed E-state index contributed by atoms with van der Waals surface area (Å²) in [6, 6.07) is 14.6. The van der Waals surface area contributed by atoms with Crippen molar-refractivity contribution in [1.82, 2.24) is 0 Å². The number of ether oxygens (including phenoxy) is 2. The molecule has 176 valence electrons. The molecule has 0 radical (unpaired) electrons. The molecule has 4 aromatic rings. The van der Waals surface area contributed by atoms with E-state index in [9.17, 15) is 0 Å². The van der Waals surface area contributed by atoms with Crippen molar-refractivity contribution in [2.75, 3.05) is 19.3 Å². The minimum Gasteiger partial charge on any atom is -0.493 e. The Labute approximate surface area is 200 Å². The van der Waals surface area contributed by atoms with Crippen LogP contribution in [0.2, 0.25) is 0 Å². The average Bonchev–Trinajstić information content (AvgIpc) is 3.05. The van der Waals surface area contributed by atoms with Crippen LogP contribution in [0.4, 0.5) is 5.69 Å². The van der Waals surface area contributed by atoms with E-state index in [0.717, 1.165) is 42.5 Å². The molecule has 5 nitrogen and oxygen atoms in total. The lowest BCUT2D eigenvalue weighted by Crippen LogP contribution is -2.05. The van der Waals surface area contributed by atoms with Gasteiger partial charge in [-0.3, -0.25) is 5.09 Å². The Morgan fingerprint density at radius 3 is 1.79 bits per heavy atom. The second-order valence-electron chi connectivity index (χ2n) is 9.19. The first-order chi connectivity index (χ1) is 16.7. The van der Waals surface area contributed by atoms with Gasteiger partial charge >= 0.3 is 8.16 Å². The van der Waals surface area contributed by atoms with Crippen molar-refractivity contribution in [3.05, 3.63) is 64.7 Å². The van der Waals surface area contributed by atoms with Crippen molar-refractivity contribution in [2.24, 2.45) is 0 Å². The van der Waals surface area contributed by atoms with Gasteiger partial charge in [-0.25, -0.2) is 0 Å². The lowest BCUT2D eigenvalue weighted by molar-refractivity contribution is 0.355. The number of fused-ring (bicyclic) bond motifs is 7. The van der Waals surface area contributed by atoms with Crippen LogP contribution in [0.3, 0.4) is 0 Å². The average molecular weight is 476 g/mol. The predicted molar refractivity (Wildman–Crippen MR) is 138 cm³/mol. The van der Waals surface area contributed by atoms with Crippen LogP contribution in [0, 0.1) is 0 Å². The highest BCUT2D eigenvalue weighted by molar-refractivity contribution is 7.39. The van der Waals surface area contributed by atoms with E-state index in [0.29, 0.717) is 11.5 Å². The van der Waals surface area contributed by atoms with Gasteiger partial charge in [0, 0.05) is 16.8 Å². The summed E-state index contributed by atoms with van der Waals surface area (Å²) >= 11 is 0. The van der Waals surface area contributed by atoms with E-state index in [1.54, 1.807) is 14.2 Å². The van der Waals surface area contributed by atoms with Gasteiger partial charge < -0.3 is 17.9 Å². The Bertz CT molecular complexity index is 1350. The smallest absolute Gasteiger partial charge is 0.338 e. The van der Waals surface area contributed by atoms with Crippen LogP contribution < -0.4 is 14.6 Å². The molecule has 0 aliphatic heterocycles. The molecule has 1 aromatic heterocycles. The van der Waals surface area contributed by atoms with Crippen LogP contribution in [-0.4, -0.2) is 14.2 Å². The third kappa shape index (κ3) is 3.73. The van der Waals surface area contributed by atoms with Crippen LogP contribution in [0.15, 0.2) is 50.9 Å². The lowest BCUT2D eigenvalue weighted by atomic mass is 9.84. The predicted octanol–water partition coefficient (Wildman–Crippen LogP) is 7.94. The van der Waals surface area contributed by atoms with Crippen LogP contribution >= 0.6 is 8.16 Å². The normalized spacial score (nSPS) is 15.0. The Kier molecular flexibility index (Phi) is 5.66. The molecule has 2 aliphatic rings. The second kappa shape index (κ2) is 8.96. The molecule has 6 heteroatoms. The van der Waals surface area contributed by atoms with Crippen molar-refractivity contribution in [3.63, 3.8) is 0 Å². The molecule has 0 atom stereocenters. The largest absolute Gasteiger partial charge is 0.493 e. The van der Waals surface area contributed by atoms with E-state index >= 15 is 0 Å². The molecule has 0 saturated heterocycles. The molecule has 3 aromatic carbocycles. The Morgan fingerprint density at radius 1 is 0.676 bits per heavy atom. The number of hydrogen-bond acceptors (Lipinski definition) is 5. The summed E-state index contributed by atoms with van der Waals surface area (Å²) in [6.45, 7) is 0. The molecule has 34 heavy (non-hydrogen) atoms. The molecular weight excluding hydrogens is 445 g/mol. The fourth-order valence-corrected chi connectivity index (χ4v) is 6.71. The maximum atomic E-state index is 6.59. The number of hydrogen-bond donors (Lipinski definition) is 1. The first-order valence-electron chi connectivity index (χ1n) is 12.2. The molecule has 0 saturated carbocycles. The van der Waals surface area contributed by atoms with Gasteiger partial charge in [-0.05, 0) is 97.9 Å². The molecular formula is C28H30NO4P. The van der Waals surface area contributed by atoms with Crippen LogP contribution in [0.25, 0.3) is 21.9 Å². The molecule has 2 aliphatic carbocycles. The van der Waals surface area contributed by atoms with Crippen molar-refractivity contribution >= 4 is 35.8 Å². The van der Waals surface area contributed by atoms with Crippen LogP contribution in [0.1, 0.15) is 47.9 Å². The first-order valence-corrected chi connectivity index (χ1v) is 13.4. The highest BCUT2D eigenvalue weighted by Crippen LogP contribution is 2.43. The van der Waals surface area contributed by atoms with E-state index in [1.807, 2.05) is 18.2 Å². The van der Waals surface area contributed by atoms with E-state index in [1.165, 1.54) is 58.7 Å². The minimum absolute atomic E-state index is 0.668. The van der Waals surface area contributed by atoms with Crippen LogP contribution in [0.5, 0.6) is 11.5 Å². The lowest BCUT2D eigenvalue weighted by Gasteiger charge is -2.20. The summed E-state index contributed by atoms with van der Waals surface area (Å²) < 4.78 is 24.1. The number of anilines is 1. The fourth-order valence-electron chi connectivity index (χ4n) is 5.57. The summed E-state index contributed by atoms with van der Waals surface area (Å²) in [5.41, 5.74) is 8.56. The topological polar surface area (TPSA) is 56.8 Å². The van der Waals surface area contributed by atoms with Crippen molar-refractivity contribution in [3.8, 4) is 11.5 Å². The first kappa shape index (κ1) is 21.5. The van der Waals surface area contributed by atoms with E-state index in [-0.39, 0.29) is 0 Å². The van der Waals surface area contributed by atoms with E-state index in [2.05, 4.69) is 29.4 Å². The number of benzene rings is 3. The standard InChI is InChI=1S/C28H30NO4P/c1-30-23-16-13-20(17-26(23)31-2)29-34-32-24-14-11-18-7-3-5-9-21(18)27(24)28-22-10-6-4-8-19(22)12-15-25(28)33-34/h11-17,29H,3-10H2,1-2H3. The van der Waals surface area contributed by atoms with Gasteiger partial charge in [-0.2, -0.15) is 0 Å². The summed E-state index contributed by atoms with van der Waals surface area (Å²) in [6.07, 6.45) is 9.48. The highest BCUT2D eigenvalue weighted by Gasteiger charge is 2.21. The molecule has 0 bridgehead atoms. The van der Waals surface area contributed by atoms with E-state index in [4.69, 9.17) is 17.9 Å². The quantitative estimate of drug-likeness (QED) is 0.325. The van der Waals surface area contributed by atoms with Gasteiger partial charge in [0.2, 0.25) is 0 Å².